The number of pyridine rings is 1. The predicted molar refractivity (Wildman–Crippen MR) is 98.8 cm³/mol. The molecular weight excluding hydrogens is 318 g/mol. The van der Waals surface area contributed by atoms with E-state index in [0.29, 0.717) is 12.3 Å². The Morgan fingerprint density at radius 3 is 2.75 bits per heavy atom. The summed E-state index contributed by atoms with van der Waals surface area (Å²) in [6.45, 7) is 0. The van der Waals surface area contributed by atoms with Gasteiger partial charge in [0.25, 0.3) is 0 Å². The molecule has 126 valence electrons. The van der Waals surface area contributed by atoms with Gasteiger partial charge >= 0.3 is 0 Å². The first-order valence-corrected chi connectivity index (χ1v) is 9.36. The number of nitrogens with two attached hydrogens (primary N) is 1. The van der Waals surface area contributed by atoms with E-state index in [4.69, 9.17) is 5.73 Å². The Labute approximate surface area is 147 Å². The van der Waals surface area contributed by atoms with E-state index in [1.165, 1.54) is 10.5 Å². The topological polar surface area (TPSA) is 68.0 Å². The van der Waals surface area contributed by atoms with Gasteiger partial charge < -0.3 is 11.1 Å². The van der Waals surface area contributed by atoms with Gasteiger partial charge in [0.05, 0.1) is 0 Å². The molecule has 24 heavy (non-hydrogen) atoms. The van der Waals surface area contributed by atoms with E-state index < -0.39 is 0 Å². The number of carbonyl (C=O) groups is 1. The summed E-state index contributed by atoms with van der Waals surface area (Å²) in [7, 11) is 0. The van der Waals surface area contributed by atoms with Crippen LogP contribution in [0.2, 0.25) is 0 Å². The highest BCUT2D eigenvalue weighted by Crippen LogP contribution is 2.28. The van der Waals surface area contributed by atoms with Crippen LogP contribution in [0.4, 0.5) is 5.69 Å². The zero-order valence-corrected chi connectivity index (χ0v) is 14.5. The summed E-state index contributed by atoms with van der Waals surface area (Å²) >= 11 is 1.76. The molecule has 0 bridgehead atoms. The number of benzene rings is 1. The Hall–Kier alpha value is -1.85. The predicted octanol–water partition coefficient (Wildman–Crippen LogP) is 3.83. The summed E-state index contributed by atoms with van der Waals surface area (Å²) < 4.78 is 0. The van der Waals surface area contributed by atoms with Gasteiger partial charge in [-0.2, -0.15) is 0 Å². The maximum Gasteiger partial charge on any atom is 0.224 e. The zero-order valence-electron chi connectivity index (χ0n) is 13.7. The number of hydrogen-bond donors (Lipinski definition) is 2. The number of anilines is 1. The van der Waals surface area contributed by atoms with E-state index in [1.54, 1.807) is 18.0 Å². The van der Waals surface area contributed by atoms with Crippen molar-refractivity contribution >= 4 is 23.4 Å². The summed E-state index contributed by atoms with van der Waals surface area (Å²) in [6.07, 6.45) is 7.44. The van der Waals surface area contributed by atoms with Crippen molar-refractivity contribution in [1.29, 1.82) is 0 Å². The molecule has 1 aromatic heterocycles. The highest BCUT2D eigenvalue weighted by molar-refractivity contribution is 7.98. The molecule has 1 fully saturated rings. The molecule has 0 saturated heterocycles. The molecule has 0 aliphatic heterocycles. The quantitative estimate of drug-likeness (QED) is 0.784. The molecule has 1 saturated carbocycles. The van der Waals surface area contributed by atoms with Gasteiger partial charge in [-0.05, 0) is 54.7 Å². The van der Waals surface area contributed by atoms with Crippen molar-refractivity contribution in [2.24, 2.45) is 11.7 Å². The lowest BCUT2D eigenvalue weighted by molar-refractivity contribution is -0.117. The van der Waals surface area contributed by atoms with Gasteiger partial charge in [-0.1, -0.05) is 12.5 Å². The van der Waals surface area contributed by atoms with Crippen LogP contribution in [-0.4, -0.2) is 16.9 Å². The second-order valence-electron chi connectivity index (χ2n) is 6.28. The average molecular weight is 341 g/mol. The van der Waals surface area contributed by atoms with Gasteiger partial charge in [0.2, 0.25) is 5.91 Å². The highest BCUT2D eigenvalue weighted by atomic mass is 32.2. The standard InChI is InChI=1S/C19H23N3OS/c20-18-5-1-4-15(18)11-19(23)22-16-6-8-17(9-7-16)24-13-14-3-2-10-21-12-14/h2-3,6-10,12,15,18H,1,4-5,11,13,20H2,(H,22,23)/t15-,18+/m0/s1. The molecule has 1 amide bonds. The molecule has 1 aliphatic rings. The molecule has 1 aliphatic carbocycles. The Kier molecular flexibility index (Phi) is 5.88. The summed E-state index contributed by atoms with van der Waals surface area (Å²) in [5, 5.41) is 2.98. The Bertz CT molecular complexity index is 660. The van der Waals surface area contributed by atoms with E-state index in [9.17, 15) is 4.79 Å². The number of thioether (sulfide) groups is 1. The molecule has 2 atom stereocenters. The number of carbonyl (C=O) groups excluding carboxylic acids is 1. The maximum atomic E-state index is 12.1. The Balaban J connectivity index is 1.48. The van der Waals surface area contributed by atoms with Crippen LogP contribution in [0, 0.1) is 5.92 Å². The third-order valence-electron chi connectivity index (χ3n) is 4.43. The van der Waals surface area contributed by atoms with Crippen molar-refractivity contribution < 1.29 is 4.79 Å². The summed E-state index contributed by atoms with van der Waals surface area (Å²) in [6, 6.07) is 12.2. The largest absolute Gasteiger partial charge is 0.327 e. The molecule has 0 radical (unpaired) electrons. The lowest BCUT2D eigenvalue weighted by Crippen LogP contribution is -2.28. The molecule has 3 rings (SSSR count). The van der Waals surface area contributed by atoms with Gasteiger partial charge in [0, 0.05) is 41.2 Å². The second-order valence-corrected chi connectivity index (χ2v) is 7.33. The third kappa shape index (κ3) is 4.82. The van der Waals surface area contributed by atoms with Crippen LogP contribution in [0.25, 0.3) is 0 Å². The lowest BCUT2D eigenvalue weighted by atomic mass is 10.00. The molecule has 1 heterocycles. The number of aromatic nitrogens is 1. The molecule has 4 nitrogen and oxygen atoms in total. The van der Waals surface area contributed by atoms with E-state index in [-0.39, 0.29) is 11.9 Å². The highest BCUT2D eigenvalue weighted by Gasteiger charge is 2.25. The number of hydrogen-bond acceptors (Lipinski definition) is 4. The van der Waals surface area contributed by atoms with E-state index in [1.807, 2.05) is 36.5 Å². The molecule has 2 aromatic rings. The van der Waals surface area contributed by atoms with Crippen LogP contribution < -0.4 is 11.1 Å². The van der Waals surface area contributed by atoms with Crippen molar-refractivity contribution in [1.82, 2.24) is 4.98 Å². The fourth-order valence-electron chi connectivity index (χ4n) is 3.05. The molecule has 1 aromatic carbocycles. The van der Waals surface area contributed by atoms with Gasteiger partial charge in [-0.15, -0.1) is 11.8 Å². The normalized spacial score (nSPS) is 20.0. The molecule has 0 spiro atoms. The zero-order chi connectivity index (χ0) is 16.8. The minimum absolute atomic E-state index is 0.0631. The Morgan fingerprint density at radius 1 is 1.25 bits per heavy atom. The molecule has 5 heteroatoms. The van der Waals surface area contributed by atoms with Crippen LogP contribution >= 0.6 is 11.8 Å². The number of nitrogens with one attached hydrogen (secondary N) is 1. The number of nitrogens with zero attached hydrogens (tertiary/aromatic N) is 1. The van der Waals surface area contributed by atoms with E-state index in [2.05, 4.69) is 16.4 Å². The first-order valence-electron chi connectivity index (χ1n) is 8.38. The van der Waals surface area contributed by atoms with Gasteiger partial charge in [-0.3, -0.25) is 9.78 Å². The van der Waals surface area contributed by atoms with Crippen molar-refractivity contribution in [3.8, 4) is 0 Å². The first-order chi connectivity index (χ1) is 11.7. The lowest BCUT2D eigenvalue weighted by Gasteiger charge is -2.14. The van der Waals surface area contributed by atoms with Crippen molar-refractivity contribution in [2.45, 2.75) is 42.4 Å². The second kappa shape index (κ2) is 8.31. The average Bonchev–Trinajstić information content (AvgIpc) is 3.00. The van der Waals surface area contributed by atoms with Crippen molar-refractivity contribution in [3.05, 3.63) is 54.4 Å². The minimum atomic E-state index is 0.0631. The summed E-state index contributed by atoms with van der Waals surface area (Å²) in [5.74, 6) is 1.28. The van der Waals surface area contributed by atoms with Gasteiger partial charge in [0.1, 0.15) is 0 Å². The molecule has 0 unspecified atom stereocenters. The van der Waals surface area contributed by atoms with Crippen LogP contribution in [0.3, 0.4) is 0 Å². The third-order valence-corrected chi connectivity index (χ3v) is 5.51. The molecule has 3 N–H and O–H groups in total. The smallest absolute Gasteiger partial charge is 0.224 e. The minimum Gasteiger partial charge on any atom is -0.327 e. The summed E-state index contributed by atoms with van der Waals surface area (Å²) in [4.78, 5) is 17.4. The van der Waals surface area contributed by atoms with Gasteiger partial charge in [-0.25, -0.2) is 0 Å². The fraction of sp³-hybridized carbons (Fsp3) is 0.368. The van der Waals surface area contributed by atoms with Crippen LogP contribution in [0.15, 0.2) is 53.7 Å². The fourth-order valence-corrected chi connectivity index (χ4v) is 3.89. The Morgan fingerprint density at radius 2 is 2.08 bits per heavy atom. The SMILES string of the molecule is N[C@@H]1CCC[C@H]1CC(=O)Nc1ccc(SCc2cccnc2)cc1. The first kappa shape index (κ1) is 17.0. The number of amides is 1. The van der Waals surface area contributed by atoms with Crippen molar-refractivity contribution in [3.63, 3.8) is 0 Å². The van der Waals surface area contributed by atoms with Gasteiger partial charge in [0.15, 0.2) is 0 Å². The van der Waals surface area contributed by atoms with Crippen LogP contribution in [0.1, 0.15) is 31.2 Å². The summed E-state index contributed by atoms with van der Waals surface area (Å²) in [5.41, 5.74) is 8.08. The van der Waals surface area contributed by atoms with E-state index in [0.717, 1.165) is 30.7 Å². The van der Waals surface area contributed by atoms with Crippen LogP contribution in [0.5, 0.6) is 0 Å². The number of rotatable bonds is 6. The van der Waals surface area contributed by atoms with E-state index >= 15 is 0 Å². The monoisotopic (exact) mass is 341 g/mol. The van der Waals surface area contributed by atoms with Crippen molar-refractivity contribution in [2.75, 3.05) is 5.32 Å². The molecular formula is C19H23N3OS. The maximum absolute atomic E-state index is 12.1. The van der Waals surface area contributed by atoms with Crippen LogP contribution in [-0.2, 0) is 10.5 Å².